The van der Waals surface area contributed by atoms with E-state index in [0.717, 1.165) is 21.7 Å². The van der Waals surface area contributed by atoms with Crippen molar-refractivity contribution in [2.75, 3.05) is 37.4 Å². The molecule has 0 bridgehead atoms. The van der Waals surface area contributed by atoms with Crippen LogP contribution in [0.4, 0.5) is 5.69 Å². The van der Waals surface area contributed by atoms with Crippen LogP contribution in [0.5, 0.6) is 11.5 Å². The number of hydrogen-bond donors (Lipinski definition) is 1. The van der Waals surface area contributed by atoms with Gasteiger partial charge in [0.15, 0.2) is 11.5 Å². The highest BCUT2D eigenvalue weighted by molar-refractivity contribution is 7.92. The monoisotopic (exact) mass is 475 g/mol. The van der Waals surface area contributed by atoms with Crippen molar-refractivity contribution in [2.45, 2.75) is 26.4 Å². The van der Waals surface area contributed by atoms with Gasteiger partial charge in [-0.15, -0.1) is 0 Å². The Morgan fingerprint density at radius 2 is 1.76 bits per heavy atom. The number of hydrogen-bond acceptors (Lipinski definition) is 6. The second-order valence-electron chi connectivity index (χ2n) is 7.84. The third-order valence-corrected chi connectivity index (χ3v) is 6.65. The van der Waals surface area contributed by atoms with Crippen molar-refractivity contribution in [3.63, 3.8) is 0 Å². The van der Waals surface area contributed by atoms with Crippen molar-refractivity contribution in [3.05, 3.63) is 53.6 Å². The van der Waals surface area contributed by atoms with Gasteiger partial charge in [0, 0.05) is 19.7 Å². The standard InChI is InChI=1S/C23H29N3O6S/c1-16-7-5-6-8-18(16)14-25(17(2)23(28)24-3)22(27)15-26(33(4,29)30)19-9-10-20-21(13-19)32-12-11-31-20/h5-10,13,17H,11-12,14-15H2,1-4H3,(H,24,28). The first-order chi connectivity index (χ1) is 15.6. The molecule has 0 radical (unpaired) electrons. The van der Waals surface area contributed by atoms with Crippen LogP contribution >= 0.6 is 0 Å². The van der Waals surface area contributed by atoms with Crippen molar-refractivity contribution in [2.24, 2.45) is 0 Å². The fourth-order valence-electron chi connectivity index (χ4n) is 3.56. The lowest BCUT2D eigenvalue weighted by Gasteiger charge is -2.32. The molecule has 2 aromatic carbocycles. The smallest absolute Gasteiger partial charge is 0.244 e. The Balaban J connectivity index is 1.93. The van der Waals surface area contributed by atoms with Gasteiger partial charge in [0.2, 0.25) is 21.8 Å². The number of nitrogens with zero attached hydrogens (tertiary/aromatic N) is 2. The molecule has 2 aromatic rings. The normalized spacial score (nSPS) is 13.7. The Kier molecular flexibility index (Phi) is 7.47. The average molecular weight is 476 g/mol. The van der Waals surface area contributed by atoms with E-state index < -0.39 is 28.5 Å². The molecule has 0 saturated carbocycles. The summed E-state index contributed by atoms with van der Waals surface area (Å²) < 4.78 is 37.3. The van der Waals surface area contributed by atoms with Gasteiger partial charge in [-0.1, -0.05) is 24.3 Å². The molecule has 0 saturated heterocycles. The summed E-state index contributed by atoms with van der Waals surface area (Å²) in [6.45, 7) is 3.99. The highest BCUT2D eigenvalue weighted by Crippen LogP contribution is 2.34. The van der Waals surface area contributed by atoms with Crippen LogP contribution in [0.2, 0.25) is 0 Å². The van der Waals surface area contributed by atoms with Crippen LogP contribution in [0, 0.1) is 6.92 Å². The van der Waals surface area contributed by atoms with Crippen molar-refractivity contribution >= 4 is 27.5 Å². The van der Waals surface area contributed by atoms with Crippen molar-refractivity contribution in [3.8, 4) is 11.5 Å². The zero-order valence-corrected chi connectivity index (χ0v) is 20.0. The molecule has 2 amide bonds. The first-order valence-corrected chi connectivity index (χ1v) is 12.4. The number of carbonyl (C=O) groups excluding carboxylic acids is 2. The maximum absolute atomic E-state index is 13.4. The van der Waals surface area contributed by atoms with Crippen LogP contribution in [-0.2, 0) is 26.2 Å². The minimum Gasteiger partial charge on any atom is -0.486 e. The Labute approximate surface area is 194 Å². The third-order valence-electron chi connectivity index (χ3n) is 5.51. The summed E-state index contributed by atoms with van der Waals surface area (Å²) in [6, 6.07) is 11.5. The van der Waals surface area contributed by atoms with E-state index in [9.17, 15) is 18.0 Å². The Bertz CT molecular complexity index is 1130. The van der Waals surface area contributed by atoms with Gasteiger partial charge < -0.3 is 19.7 Å². The van der Waals surface area contributed by atoms with Crippen LogP contribution in [0.3, 0.4) is 0 Å². The van der Waals surface area contributed by atoms with E-state index in [1.54, 1.807) is 19.1 Å². The van der Waals surface area contributed by atoms with Gasteiger partial charge in [-0.2, -0.15) is 0 Å². The van der Waals surface area contributed by atoms with Crippen molar-refractivity contribution < 1.29 is 27.5 Å². The number of benzene rings is 2. The quantitative estimate of drug-likeness (QED) is 0.623. The fourth-order valence-corrected chi connectivity index (χ4v) is 4.40. The molecule has 0 aromatic heterocycles. The van der Waals surface area contributed by atoms with Crippen LogP contribution in [-0.4, -0.2) is 64.2 Å². The lowest BCUT2D eigenvalue weighted by atomic mass is 10.1. The first kappa shape index (κ1) is 24.4. The number of nitrogens with one attached hydrogen (secondary N) is 1. The summed E-state index contributed by atoms with van der Waals surface area (Å²) in [5.74, 6) is 0.0753. The van der Waals surface area contributed by atoms with E-state index in [4.69, 9.17) is 9.47 Å². The van der Waals surface area contributed by atoms with Gasteiger partial charge in [-0.25, -0.2) is 8.42 Å². The molecule has 1 aliphatic rings. The maximum atomic E-state index is 13.4. The number of anilines is 1. The number of fused-ring (bicyclic) bond motifs is 1. The highest BCUT2D eigenvalue weighted by atomic mass is 32.2. The molecule has 3 rings (SSSR count). The van der Waals surface area contributed by atoms with Gasteiger partial charge in [0.05, 0.1) is 11.9 Å². The summed E-state index contributed by atoms with van der Waals surface area (Å²) >= 11 is 0. The summed E-state index contributed by atoms with van der Waals surface area (Å²) in [5.41, 5.74) is 2.11. The molecule has 1 unspecified atom stereocenters. The van der Waals surface area contributed by atoms with E-state index in [0.29, 0.717) is 24.7 Å². The second-order valence-corrected chi connectivity index (χ2v) is 9.74. The highest BCUT2D eigenvalue weighted by Gasteiger charge is 2.30. The SMILES string of the molecule is CNC(=O)C(C)N(Cc1ccccc1C)C(=O)CN(c1ccc2c(c1)OCCO2)S(C)(=O)=O. The molecular weight excluding hydrogens is 446 g/mol. The minimum absolute atomic E-state index is 0.166. The molecule has 9 nitrogen and oxygen atoms in total. The van der Waals surface area contributed by atoms with Gasteiger partial charge in [-0.3, -0.25) is 13.9 Å². The predicted molar refractivity (Wildman–Crippen MR) is 125 cm³/mol. The topological polar surface area (TPSA) is 105 Å². The van der Waals surface area contributed by atoms with E-state index in [2.05, 4.69) is 5.32 Å². The Morgan fingerprint density at radius 3 is 2.39 bits per heavy atom. The molecular formula is C23H29N3O6S. The zero-order valence-electron chi connectivity index (χ0n) is 19.2. The Hall–Kier alpha value is -3.27. The number of aryl methyl sites for hydroxylation is 1. The fraction of sp³-hybridized carbons (Fsp3) is 0.391. The van der Waals surface area contributed by atoms with Crippen molar-refractivity contribution in [1.29, 1.82) is 0 Å². The Morgan fingerprint density at radius 1 is 1.09 bits per heavy atom. The first-order valence-electron chi connectivity index (χ1n) is 10.5. The van der Waals surface area contributed by atoms with E-state index in [-0.39, 0.29) is 18.1 Å². The molecule has 1 heterocycles. The maximum Gasteiger partial charge on any atom is 0.244 e. The molecule has 1 aliphatic heterocycles. The number of sulfonamides is 1. The van der Waals surface area contributed by atoms with Crippen LogP contribution < -0.4 is 19.1 Å². The number of likely N-dealkylation sites (N-methyl/N-ethyl adjacent to an activating group) is 1. The number of ether oxygens (including phenoxy) is 2. The number of amides is 2. The molecule has 1 atom stereocenters. The van der Waals surface area contributed by atoms with E-state index >= 15 is 0 Å². The van der Waals surface area contributed by atoms with E-state index in [1.165, 1.54) is 18.0 Å². The van der Waals surface area contributed by atoms with Crippen LogP contribution in [0.1, 0.15) is 18.1 Å². The minimum atomic E-state index is -3.82. The second kappa shape index (κ2) is 10.1. The predicted octanol–water partition coefficient (Wildman–Crippen LogP) is 1.70. The molecule has 0 aliphatic carbocycles. The van der Waals surface area contributed by atoms with Crippen LogP contribution in [0.15, 0.2) is 42.5 Å². The third kappa shape index (κ3) is 5.75. The number of rotatable bonds is 8. The average Bonchev–Trinajstić information content (AvgIpc) is 2.79. The summed E-state index contributed by atoms with van der Waals surface area (Å²) in [7, 11) is -2.32. The number of carbonyl (C=O) groups is 2. The molecule has 178 valence electrons. The molecule has 33 heavy (non-hydrogen) atoms. The van der Waals surface area contributed by atoms with Gasteiger partial charge in [0.1, 0.15) is 25.8 Å². The largest absolute Gasteiger partial charge is 0.486 e. The zero-order chi connectivity index (χ0) is 24.2. The van der Waals surface area contributed by atoms with Crippen LogP contribution in [0.25, 0.3) is 0 Å². The summed E-state index contributed by atoms with van der Waals surface area (Å²) in [5, 5.41) is 2.55. The van der Waals surface area contributed by atoms with Gasteiger partial charge in [-0.05, 0) is 37.1 Å². The van der Waals surface area contributed by atoms with Crippen molar-refractivity contribution in [1.82, 2.24) is 10.2 Å². The lowest BCUT2D eigenvalue weighted by Crippen LogP contribution is -2.50. The summed E-state index contributed by atoms with van der Waals surface area (Å²) in [6.07, 6.45) is 1.03. The summed E-state index contributed by atoms with van der Waals surface area (Å²) in [4.78, 5) is 27.2. The molecule has 10 heteroatoms. The molecule has 1 N–H and O–H groups in total. The van der Waals surface area contributed by atoms with Gasteiger partial charge in [0.25, 0.3) is 0 Å². The van der Waals surface area contributed by atoms with Gasteiger partial charge >= 0.3 is 0 Å². The lowest BCUT2D eigenvalue weighted by molar-refractivity contribution is -0.139. The molecule has 0 spiro atoms. The van der Waals surface area contributed by atoms with E-state index in [1.807, 2.05) is 31.2 Å². The molecule has 0 fully saturated rings.